The number of nitrogens with one attached hydrogen (secondary N) is 1. The van der Waals surface area contributed by atoms with Gasteiger partial charge in [0.05, 0.1) is 6.04 Å². The van der Waals surface area contributed by atoms with Crippen LogP contribution in [0.2, 0.25) is 0 Å². The highest BCUT2D eigenvalue weighted by Crippen LogP contribution is 2.27. The lowest BCUT2D eigenvalue weighted by molar-refractivity contribution is 0.0921. The van der Waals surface area contributed by atoms with E-state index < -0.39 is 0 Å². The number of hydrogen-bond donors (Lipinski definition) is 1. The SMILES string of the molecule is O=C(NC1CCC(n2cccn2)CC1)c1ccn2ccnc2c1. The van der Waals surface area contributed by atoms with Crippen molar-refractivity contribution < 1.29 is 4.79 Å². The van der Waals surface area contributed by atoms with Gasteiger partial charge in [0.1, 0.15) is 5.65 Å². The Bertz CT molecular complexity index is 799. The summed E-state index contributed by atoms with van der Waals surface area (Å²) in [7, 11) is 0. The number of imidazole rings is 1. The van der Waals surface area contributed by atoms with E-state index in [1.54, 1.807) is 6.20 Å². The highest BCUT2D eigenvalue weighted by molar-refractivity contribution is 5.95. The normalized spacial score (nSPS) is 21.4. The molecule has 0 spiro atoms. The molecule has 1 amide bonds. The van der Waals surface area contributed by atoms with Crippen LogP contribution in [0.15, 0.2) is 49.2 Å². The van der Waals surface area contributed by atoms with Crippen molar-refractivity contribution in [3.8, 4) is 0 Å². The fourth-order valence-electron chi connectivity index (χ4n) is 3.30. The second-order valence-corrected chi connectivity index (χ2v) is 6.07. The highest BCUT2D eigenvalue weighted by Gasteiger charge is 2.24. The smallest absolute Gasteiger partial charge is 0.251 e. The average molecular weight is 309 g/mol. The van der Waals surface area contributed by atoms with E-state index in [0.29, 0.717) is 11.6 Å². The van der Waals surface area contributed by atoms with E-state index in [9.17, 15) is 4.79 Å². The zero-order chi connectivity index (χ0) is 15.6. The topological polar surface area (TPSA) is 64.2 Å². The first-order chi connectivity index (χ1) is 11.3. The van der Waals surface area contributed by atoms with Crippen molar-refractivity contribution in [2.75, 3.05) is 0 Å². The monoisotopic (exact) mass is 309 g/mol. The molecule has 3 heterocycles. The lowest BCUT2D eigenvalue weighted by Gasteiger charge is -2.29. The van der Waals surface area contributed by atoms with E-state index in [1.165, 1.54) is 0 Å². The van der Waals surface area contributed by atoms with Gasteiger partial charge in [-0.1, -0.05) is 0 Å². The minimum Gasteiger partial charge on any atom is -0.349 e. The van der Waals surface area contributed by atoms with Gasteiger partial charge >= 0.3 is 0 Å². The molecule has 0 saturated heterocycles. The summed E-state index contributed by atoms with van der Waals surface area (Å²) in [5, 5.41) is 7.47. The minimum absolute atomic E-state index is 0.0157. The maximum atomic E-state index is 12.4. The molecule has 4 rings (SSSR count). The second kappa shape index (κ2) is 5.87. The summed E-state index contributed by atoms with van der Waals surface area (Å²) in [4.78, 5) is 16.6. The number of pyridine rings is 1. The van der Waals surface area contributed by atoms with Crippen molar-refractivity contribution >= 4 is 11.6 Å². The quantitative estimate of drug-likeness (QED) is 0.808. The zero-order valence-electron chi connectivity index (χ0n) is 12.8. The van der Waals surface area contributed by atoms with Gasteiger partial charge < -0.3 is 9.72 Å². The first kappa shape index (κ1) is 14.0. The van der Waals surface area contributed by atoms with Gasteiger partial charge in [-0.25, -0.2) is 4.98 Å². The van der Waals surface area contributed by atoms with Crippen molar-refractivity contribution in [1.29, 1.82) is 0 Å². The predicted molar refractivity (Wildman–Crippen MR) is 86.2 cm³/mol. The molecule has 1 saturated carbocycles. The third-order valence-corrected chi connectivity index (χ3v) is 4.59. The molecule has 118 valence electrons. The molecule has 3 aromatic rings. The van der Waals surface area contributed by atoms with Crippen molar-refractivity contribution in [3.05, 3.63) is 54.7 Å². The summed E-state index contributed by atoms with van der Waals surface area (Å²) in [6.45, 7) is 0. The molecule has 1 aliphatic carbocycles. The lowest BCUT2D eigenvalue weighted by Crippen LogP contribution is -2.38. The van der Waals surface area contributed by atoms with Gasteiger partial charge in [0, 0.05) is 42.6 Å². The summed E-state index contributed by atoms with van der Waals surface area (Å²) in [6, 6.07) is 6.31. The number of rotatable bonds is 3. The van der Waals surface area contributed by atoms with Gasteiger partial charge in [-0.3, -0.25) is 9.48 Å². The van der Waals surface area contributed by atoms with Crippen LogP contribution in [-0.4, -0.2) is 31.1 Å². The van der Waals surface area contributed by atoms with Crippen LogP contribution >= 0.6 is 0 Å². The van der Waals surface area contributed by atoms with Gasteiger partial charge in [-0.2, -0.15) is 5.10 Å². The molecule has 3 aromatic heterocycles. The van der Waals surface area contributed by atoms with E-state index in [0.717, 1.165) is 31.3 Å². The molecule has 6 nitrogen and oxygen atoms in total. The van der Waals surface area contributed by atoms with E-state index in [2.05, 4.69) is 15.4 Å². The Morgan fingerprint density at radius 2 is 2.00 bits per heavy atom. The fraction of sp³-hybridized carbons (Fsp3) is 0.353. The molecule has 23 heavy (non-hydrogen) atoms. The van der Waals surface area contributed by atoms with Crippen molar-refractivity contribution in [2.24, 2.45) is 0 Å². The van der Waals surface area contributed by atoms with Gasteiger partial charge in [0.15, 0.2) is 0 Å². The Balaban J connectivity index is 1.37. The van der Waals surface area contributed by atoms with Crippen LogP contribution < -0.4 is 5.32 Å². The zero-order valence-corrected chi connectivity index (χ0v) is 12.8. The van der Waals surface area contributed by atoms with Crippen molar-refractivity contribution in [3.63, 3.8) is 0 Å². The summed E-state index contributed by atoms with van der Waals surface area (Å²) in [5.74, 6) is -0.0157. The molecule has 1 fully saturated rings. The maximum absolute atomic E-state index is 12.4. The molecule has 0 radical (unpaired) electrons. The molecule has 0 unspecified atom stereocenters. The highest BCUT2D eigenvalue weighted by atomic mass is 16.1. The minimum atomic E-state index is -0.0157. The van der Waals surface area contributed by atoms with E-state index >= 15 is 0 Å². The van der Waals surface area contributed by atoms with Crippen LogP contribution in [0.5, 0.6) is 0 Å². The van der Waals surface area contributed by atoms with Gasteiger partial charge in [-0.05, 0) is 43.9 Å². The molecular formula is C17H19N5O. The third-order valence-electron chi connectivity index (χ3n) is 4.59. The number of hydrogen-bond acceptors (Lipinski definition) is 3. The van der Waals surface area contributed by atoms with Crippen LogP contribution in [0.4, 0.5) is 0 Å². The molecule has 0 aromatic carbocycles. The molecule has 6 heteroatoms. The Morgan fingerprint density at radius 3 is 2.78 bits per heavy atom. The van der Waals surface area contributed by atoms with Gasteiger partial charge in [-0.15, -0.1) is 0 Å². The molecule has 1 N–H and O–H groups in total. The summed E-state index contributed by atoms with van der Waals surface area (Å²) in [5.41, 5.74) is 1.46. The molecule has 1 aliphatic rings. The Hall–Kier alpha value is -2.63. The van der Waals surface area contributed by atoms with E-state index in [4.69, 9.17) is 0 Å². The van der Waals surface area contributed by atoms with Crippen molar-refractivity contribution in [1.82, 2.24) is 24.5 Å². The summed E-state index contributed by atoms with van der Waals surface area (Å²) in [6.07, 6.45) is 13.4. The Labute approximate surface area is 134 Å². The van der Waals surface area contributed by atoms with Crippen LogP contribution in [0.25, 0.3) is 5.65 Å². The number of aromatic nitrogens is 4. The van der Waals surface area contributed by atoms with Crippen LogP contribution in [-0.2, 0) is 0 Å². The third kappa shape index (κ3) is 2.84. The average Bonchev–Trinajstić information content (AvgIpc) is 3.26. The van der Waals surface area contributed by atoms with Gasteiger partial charge in [0.2, 0.25) is 0 Å². The first-order valence-corrected chi connectivity index (χ1v) is 8.02. The lowest BCUT2D eigenvalue weighted by atomic mass is 9.91. The van der Waals surface area contributed by atoms with Crippen LogP contribution in [0.1, 0.15) is 42.1 Å². The van der Waals surface area contributed by atoms with Crippen LogP contribution in [0.3, 0.4) is 0 Å². The maximum Gasteiger partial charge on any atom is 0.251 e. The Kier molecular flexibility index (Phi) is 3.57. The number of fused-ring (bicyclic) bond motifs is 1. The summed E-state index contributed by atoms with van der Waals surface area (Å²) < 4.78 is 3.93. The van der Waals surface area contributed by atoms with Crippen LogP contribution in [0, 0.1) is 0 Å². The Morgan fingerprint density at radius 1 is 1.13 bits per heavy atom. The molecule has 0 atom stereocenters. The standard InChI is InChI=1S/C17H19N5O/c23-17(13-6-10-21-11-8-18-16(21)12-13)20-14-2-4-15(5-3-14)22-9-1-7-19-22/h1,6-12,14-15H,2-5H2,(H,20,23). The molecular weight excluding hydrogens is 290 g/mol. The van der Waals surface area contributed by atoms with Crippen molar-refractivity contribution in [2.45, 2.75) is 37.8 Å². The molecule has 0 aliphatic heterocycles. The number of carbonyl (C=O) groups is 1. The summed E-state index contributed by atoms with van der Waals surface area (Å²) >= 11 is 0. The van der Waals surface area contributed by atoms with E-state index in [-0.39, 0.29) is 11.9 Å². The van der Waals surface area contributed by atoms with E-state index in [1.807, 2.05) is 52.1 Å². The molecule has 0 bridgehead atoms. The fourth-order valence-corrected chi connectivity index (χ4v) is 3.30. The number of nitrogens with zero attached hydrogens (tertiary/aromatic N) is 4. The second-order valence-electron chi connectivity index (χ2n) is 6.07. The first-order valence-electron chi connectivity index (χ1n) is 8.02. The largest absolute Gasteiger partial charge is 0.349 e. The van der Waals surface area contributed by atoms with Gasteiger partial charge in [0.25, 0.3) is 5.91 Å². The number of amides is 1. The number of carbonyl (C=O) groups excluding carboxylic acids is 1. The predicted octanol–water partition coefficient (Wildman–Crippen LogP) is 2.44.